The number of hydrogen-bond acceptors (Lipinski definition) is 7. The number of esters is 1. The zero-order valence-corrected chi connectivity index (χ0v) is 13.7. The van der Waals surface area contributed by atoms with Crippen LogP contribution in [0.1, 0.15) is 17.3 Å². The summed E-state index contributed by atoms with van der Waals surface area (Å²) < 4.78 is 10.1. The fourth-order valence-corrected chi connectivity index (χ4v) is 2.43. The van der Waals surface area contributed by atoms with E-state index in [2.05, 4.69) is 5.32 Å². The number of hydrogen-bond donors (Lipinski definition) is 1. The number of rotatable bonds is 6. The summed E-state index contributed by atoms with van der Waals surface area (Å²) in [6.07, 6.45) is -1.08. The number of nitrogens with one attached hydrogen (secondary N) is 1. The van der Waals surface area contributed by atoms with Crippen LogP contribution in [-0.4, -0.2) is 30.0 Å². The van der Waals surface area contributed by atoms with Gasteiger partial charge in [0.05, 0.1) is 23.3 Å². The molecule has 24 heavy (non-hydrogen) atoms. The Morgan fingerprint density at radius 1 is 1.33 bits per heavy atom. The van der Waals surface area contributed by atoms with Gasteiger partial charge in [-0.15, -0.1) is 0 Å². The Labute approximate surface area is 141 Å². The van der Waals surface area contributed by atoms with E-state index in [-0.39, 0.29) is 17.1 Å². The van der Waals surface area contributed by atoms with E-state index >= 15 is 0 Å². The third kappa shape index (κ3) is 4.07. The molecule has 1 atom stereocenters. The molecule has 0 saturated heterocycles. The van der Waals surface area contributed by atoms with E-state index in [0.29, 0.717) is 5.56 Å². The number of methoxy groups -OCH3 is 1. The van der Waals surface area contributed by atoms with Crippen LogP contribution in [0.25, 0.3) is 0 Å². The van der Waals surface area contributed by atoms with Crippen LogP contribution in [0.5, 0.6) is 5.75 Å². The number of carbonyl (C=O) groups is 2. The van der Waals surface area contributed by atoms with Gasteiger partial charge in [-0.25, -0.2) is 4.79 Å². The maximum Gasteiger partial charge on any atom is 0.339 e. The van der Waals surface area contributed by atoms with Gasteiger partial charge in [0, 0.05) is 17.5 Å². The van der Waals surface area contributed by atoms with Gasteiger partial charge in [-0.05, 0) is 24.4 Å². The summed E-state index contributed by atoms with van der Waals surface area (Å²) in [5.41, 5.74) is 0.275. The second-order valence-corrected chi connectivity index (χ2v) is 5.47. The lowest BCUT2D eigenvalue weighted by atomic mass is 10.2. The van der Waals surface area contributed by atoms with Crippen molar-refractivity contribution in [2.24, 2.45) is 0 Å². The number of benzene rings is 1. The summed E-state index contributed by atoms with van der Waals surface area (Å²) >= 11 is 1.33. The molecule has 8 nitrogen and oxygen atoms in total. The molecule has 2 rings (SSSR count). The quantitative estimate of drug-likeness (QED) is 0.487. The summed E-state index contributed by atoms with van der Waals surface area (Å²) in [7, 11) is 1.37. The summed E-state index contributed by atoms with van der Waals surface area (Å²) in [5.74, 6) is -0.993. The zero-order chi connectivity index (χ0) is 17.7. The average molecular weight is 350 g/mol. The van der Waals surface area contributed by atoms with Crippen molar-refractivity contribution in [1.82, 2.24) is 0 Å². The Morgan fingerprint density at radius 2 is 2.08 bits per heavy atom. The Balaban J connectivity index is 2.09. The smallest absolute Gasteiger partial charge is 0.339 e. The highest BCUT2D eigenvalue weighted by Gasteiger charge is 2.21. The highest BCUT2D eigenvalue weighted by molar-refractivity contribution is 7.08. The van der Waals surface area contributed by atoms with Crippen molar-refractivity contribution in [3.05, 3.63) is 50.7 Å². The molecule has 0 spiro atoms. The monoisotopic (exact) mass is 350 g/mol. The van der Waals surface area contributed by atoms with Crippen molar-refractivity contribution in [1.29, 1.82) is 0 Å². The Morgan fingerprint density at radius 3 is 2.67 bits per heavy atom. The van der Waals surface area contributed by atoms with Gasteiger partial charge in [-0.3, -0.25) is 14.9 Å². The number of carbonyl (C=O) groups excluding carboxylic acids is 2. The molecule has 1 aromatic carbocycles. The summed E-state index contributed by atoms with van der Waals surface area (Å²) in [5, 5.41) is 16.6. The molecule has 9 heteroatoms. The lowest BCUT2D eigenvalue weighted by molar-refractivity contribution is -0.384. The van der Waals surface area contributed by atoms with Gasteiger partial charge >= 0.3 is 5.97 Å². The van der Waals surface area contributed by atoms with Crippen molar-refractivity contribution in [2.75, 3.05) is 12.4 Å². The molecule has 1 N–H and O–H groups in total. The first kappa shape index (κ1) is 17.4. The van der Waals surface area contributed by atoms with Crippen LogP contribution >= 0.6 is 11.3 Å². The predicted octanol–water partition coefficient (Wildman–Crippen LogP) is 2.85. The van der Waals surface area contributed by atoms with Gasteiger partial charge in [0.2, 0.25) is 0 Å². The maximum absolute atomic E-state index is 12.2. The number of anilines is 1. The minimum Gasteiger partial charge on any atom is -0.495 e. The van der Waals surface area contributed by atoms with Gasteiger partial charge in [0.25, 0.3) is 11.6 Å². The number of nitrogens with zero attached hydrogens (tertiary/aromatic N) is 1. The van der Waals surface area contributed by atoms with Crippen molar-refractivity contribution in [3.8, 4) is 5.75 Å². The van der Waals surface area contributed by atoms with Crippen molar-refractivity contribution < 1.29 is 24.0 Å². The number of amides is 1. The third-order valence-corrected chi connectivity index (χ3v) is 3.74. The van der Waals surface area contributed by atoms with E-state index in [1.807, 2.05) is 0 Å². The van der Waals surface area contributed by atoms with Gasteiger partial charge in [-0.1, -0.05) is 0 Å². The normalized spacial score (nSPS) is 11.4. The highest BCUT2D eigenvalue weighted by Crippen LogP contribution is 2.29. The second kappa shape index (κ2) is 7.55. The first-order valence-corrected chi connectivity index (χ1v) is 7.73. The van der Waals surface area contributed by atoms with Crippen LogP contribution in [0.3, 0.4) is 0 Å². The Bertz CT molecular complexity index is 759. The number of nitro benzene ring substituents is 1. The van der Waals surface area contributed by atoms with Crippen LogP contribution in [0.2, 0.25) is 0 Å². The number of non-ortho nitro benzene ring substituents is 1. The Kier molecular flexibility index (Phi) is 5.48. The summed E-state index contributed by atoms with van der Waals surface area (Å²) in [6.45, 7) is 1.41. The van der Waals surface area contributed by atoms with Gasteiger partial charge in [0.15, 0.2) is 6.10 Å². The van der Waals surface area contributed by atoms with E-state index in [1.165, 1.54) is 43.6 Å². The van der Waals surface area contributed by atoms with E-state index in [1.54, 1.807) is 16.8 Å². The third-order valence-electron chi connectivity index (χ3n) is 3.06. The lowest BCUT2D eigenvalue weighted by Gasteiger charge is -2.14. The molecular weight excluding hydrogens is 336 g/mol. The van der Waals surface area contributed by atoms with E-state index in [4.69, 9.17) is 9.47 Å². The molecule has 0 aliphatic carbocycles. The largest absolute Gasteiger partial charge is 0.495 e. The zero-order valence-electron chi connectivity index (χ0n) is 12.8. The lowest BCUT2D eigenvalue weighted by Crippen LogP contribution is -2.30. The van der Waals surface area contributed by atoms with Gasteiger partial charge in [-0.2, -0.15) is 11.3 Å². The van der Waals surface area contributed by atoms with Crippen LogP contribution in [-0.2, 0) is 9.53 Å². The summed E-state index contributed by atoms with van der Waals surface area (Å²) in [6, 6.07) is 5.38. The van der Waals surface area contributed by atoms with Gasteiger partial charge < -0.3 is 14.8 Å². The van der Waals surface area contributed by atoms with Crippen molar-refractivity contribution in [3.63, 3.8) is 0 Å². The molecule has 0 unspecified atom stereocenters. The fourth-order valence-electron chi connectivity index (χ4n) is 1.80. The number of thiophene rings is 1. The molecule has 0 bridgehead atoms. The molecule has 1 amide bonds. The molecule has 1 heterocycles. The molecule has 1 aromatic heterocycles. The van der Waals surface area contributed by atoms with E-state index in [0.717, 1.165) is 0 Å². The molecule has 0 aliphatic rings. The standard InChI is InChI=1S/C15H14N2O6S/c1-9(23-15(19)10-5-6-24-8-10)14(18)16-12-7-11(17(20)21)3-4-13(12)22-2/h3-9H,1-2H3,(H,16,18)/t9-/m1/s1. The molecular formula is C15H14N2O6S. The predicted molar refractivity (Wildman–Crippen MR) is 87.5 cm³/mol. The van der Waals surface area contributed by atoms with Crippen molar-refractivity contribution >= 4 is 34.6 Å². The summed E-state index contributed by atoms with van der Waals surface area (Å²) in [4.78, 5) is 34.2. The van der Waals surface area contributed by atoms with E-state index < -0.39 is 22.9 Å². The minimum absolute atomic E-state index is 0.120. The van der Waals surface area contributed by atoms with Crippen LogP contribution < -0.4 is 10.1 Å². The molecule has 126 valence electrons. The fraction of sp³-hybridized carbons (Fsp3) is 0.200. The SMILES string of the molecule is COc1ccc([N+](=O)[O-])cc1NC(=O)[C@@H](C)OC(=O)c1ccsc1. The highest BCUT2D eigenvalue weighted by atomic mass is 32.1. The number of ether oxygens (including phenoxy) is 2. The number of nitro groups is 1. The average Bonchev–Trinajstić information content (AvgIpc) is 3.09. The van der Waals surface area contributed by atoms with Gasteiger partial charge in [0.1, 0.15) is 5.75 Å². The van der Waals surface area contributed by atoms with Crippen LogP contribution in [0, 0.1) is 10.1 Å². The molecule has 0 radical (unpaired) electrons. The first-order valence-electron chi connectivity index (χ1n) is 6.79. The topological polar surface area (TPSA) is 108 Å². The molecule has 0 aliphatic heterocycles. The second-order valence-electron chi connectivity index (χ2n) is 4.69. The molecule has 2 aromatic rings. The van der Waals surface area contributed by atoms with Crippen LogP contribution in [0.4, 0.5) is 11.4 Å². The van der Waals surface area contributed by atoms with Crippen LogP contribution in [0.15, 0.2) is 35.0 Å². The minimum atomic E-state index is -1.08. The maximum atomic E-state index is 12.2. The molecule has 0 saturated carbocycles. The Hall–Kier alpha value is -2.94. The van der Waals surface area contributed by atoms with E-state index in [9.17, 15) is 19.7 Å². The first-order chi connectivity index (χ1) is 11.4. The van der Waals surface area contributed by atoms with Crippen molar-refractivity contribution in [2.45, 2.75) is 13.0 Å². The molecule has 0 fully saturated rings.